The molecule has 2 aliphatic carbocycles. The SMILES string of the molecule is Brc1ccc(-c2cc(-c3ccccc3)cc(-c3ccccc3)c2)cc1.c1ccc(-c2ccc(Nc3ccc(-c4cc(-c5ccccc5)cc(-c5ccccc5)c4)cc3)cc2)cc1.c1ccc(-c2ccc(Nc3ccc4c(c3)C3(CCCCC3)c3ccccc3-4)cc2)cc1. The van der Waals surface area contributed by atoms with E-state index in [9.17, 15) is 0 Å². The fourth-order valence-electron chi connectivity index (χ4n) is 13.5. The van der Waals surface area contributed by atoms with Gasteiger partial charge in [-0.1, -0.05) is 296 Å². The van der Waals surface area contributed by atoms with Crippen molar-refractivity contribution in [3.63, 3.8) is 0 Å². The summed E-state index contributed by atoms with van der Waals surface area (Å²) in [5, 5.41) is 7.20. The van der Waals surface area contributed by atoms with Gasteiger partial charge in [0, 0.05) is 32.6 Å². The van der Waals surface area contributed by atoms with Crippen molar-refractivity contribution in [1.29, 1.82) is 0 Å². The zero-order valence-electron chi connectivity index (χ0n) is 52.0. The number of rotatable bonds is 12. The average molecular weight is 1260 g/mol. The third-order valence-corrected chi connectivity index (χ3v) is 18.8. The molecule has 0 heterocycles. The lowest BCUT2D eigenvalue weighted by atomic mass is 9.68. The third-order valence-electron chi connectivity index (χ3n) is 18.2. The number of benzene rings is 14. The molecular formula is C90H71BrN2. The van der Waals surface area contributed by atoms with Crippen LogP contribution in [0.1, 0.15) is 43.2 Å². The maximum atomic E-state index is 3.66. The molecule has 0 amide bonds. The highest BCUT2D eigenvalue weighted by molar-refractivity contribution is 9.10. The number of fused-ring (bicyclic) bond motifs is 5. The molecular weight excluding hydrogens is 1190 g/mol. The summed E-state index contributed by atoms with van der Waals surface area (Å²) in [4.78, 5) is 0. The zero-order chi connectivity index (χ0) is 62.6. The second-order valence-electron chi connectivity index (χ2n) is 24.2. The Morgan fingerprint density at radius 2 is 0.462 bits per heavy atom. The van der Waals surface area contributed by atoms with Gasteiger partial charge in [0.1, 0.15) is 0 Å². The van der Waals surface area contributed by atoms with E-state index in [0.29, 0.717) is 0 Å². The Morgan fingerprint density at radius 3 is 0.817 bits per heavy atom. The number of anilines is 4. The van der Waals surface area contributed by atoms with Crippen molar-refractivity contribution in [2.24, 2.45) is 0 Å². The predicted octanol–water partition coefficient (Wildman–Crippen LogP) is 25.9. The van der Waals surface area contributed by atoms with E-state index >= 15 is 0 Å². The molecule has 3 heteroatoms. The fraction of sp³-hybridized carbons (Fsp3) is 0.0667. The van der Waals surface area contributed by atoms with Gasteiger partial charge < -0.3 is 10.6 Å². The van der Waals surface area contributed by atoms with E-state index in [-0.39, 0.29) is 5.41 Å². The van der Waals surface area contributed by atoms with Crippen LogP contribution in [0.4, 0.5) is 22.7 Å². The molecule has 0 saturated heterocycles. The van der Waals surface area contributed by atoms with Crippen molar-refractivity contribution in [2.75, 3.05) is 10.6 Å². The highest BCUT2D eigenvalue weighted by atomic mass is 79.9. The summed E-state index contributed by atoms with van der Waals surface area (Å²) in [5.41, 5.74) is 30.2. The first kappa shape index (κ1) is 59.8. The van der Waals surface area contributed by atoms with E-state index in [1.54, 1.807) is 5.56 Å². The van der Waals surface area contributed by atoms with Crippen molar-refractivity contribution < 1.29 is 0 Å². The van der Waals surface area contributed by atoms with Crippen LogP contribution in [-0.2, 0) is 5.41 Å². The highest BCUT2D eigenvalue weighted by Crippen LogP contribution is 2.56. The summed E-state index contributed by atoms with van der Waals surface area (Å²) < 4.78 is 1.10. The number of halogens is 1. The molecule has 0 atom stereocenters. The summed E-state index contributed by atoms with van der Waals surface area (Å²) in [6.45, 7) is 0. The van der Waals surface area contributed by atoms with Crippen LogP contribution in [-0.4, -0.2) is 0 Å². The van der Waals surface area contributed by atoms with E-state index in [0.717, 1.165) is 21.5 Å². The van der Waals surface area contributed by atoms with E-state index in [4.69, 9.17) is 0 Å². The normalized spacial score (nSPS) is 12.4. The van der Waals surface area contributed by atoms with Gasteiger partial charge in [-0.3, -0.25) is 0 Å². The first-order chi connectivity index (χ1) is 45.9. The summed E-state index contributed by atoms with van der Waals surface area (Å²) >= 11 is 3.52. The molecule has 1 fully saturated rings. The van der Waals surface area contributed by atoms with Gasteiger partial charge in [-0.05, 0) is 221 Å². The van der Waals surface area contributed by atoms with E-state index in [2.05, 4.69) is 378 Å². The van der Waals surface area contributed by atoms with Crippen molar-refractivity contribution in [2.45, 2.75) is 37.5 Å². The largest absolute Gasteiger partial charge is 0.356 e. The van der Waals surface area contributed by atoms with Gasteiger partial charge in [0.15, 0.2) is 0 Å². The molecule has 0 bridgehead atoms. The summed E-state index contributed by atoms with van der Waals surface area (Å²) in [5.74, 6) is 0. The van der Waals surface area contributed by atoms with E-state index in [1.165, 1.54) is 143 Å². The molecule has 93 heavy (non-hydrogen) atoms. The van der Waals surface area contributed by atoms with Crippen molar-refractivity contribution >= 4 is 38.7 Å². The Morgan fingerprint density at radius 1 is 0.204 bits per heavy atom. The van der Waals surface area contributed by atoms with Crippen LogP contribution >= 0.6 is 15.9 Å². The lowest BCUT2D eigenvalue weighted by Crippen LogP contribution is -2.28. The Kier molecular flexibility index (Phi) is 18.1. The van der Waals surface area contributed by atoms with Crippen LogP contribution in [0.3, 0.4) is 0 Å². The summed E-state index contributed by atoms with van der Waals surface area (Å²) in [6.07, 6.45) is 6.56. The lowest BCUT2D eigenvalue weighted by Gasteiger charge is -2.36. The number of hydrogen-bond donors (Lipinski definition) is 2. The van der Waals surface area contributed by atoms with Crippen LogP contribution < -0.4 is 10.6 Å². The topological polar surface area (TPSA) is 24.1 Å². The molecule has 1 spiro atoms. The minimum absolute atomic E-state index is 0.207. The minimum atomic E-state index is 0.207. The molecule has 0 aromatic heterocycles. The minimum Gasteiger partial charge on any atom is -0.356 e. The van der Waals surface area contributed by atoms with Gasteiger partial charge in [-0.2, -0.15) is 0 Å². The smallest absolute Gasteiger partial charge is 0.0387 e. The first-order valence-electron chi connectivity index (χ1n) is 32.4. The van der Waals surface area contributed by atoms with Crippen LogP contribution in [0.2, 0.25) is 0 Å². The number of hydrogen-bond acceptors (Lipinski definition) is 2. The molecule has 2 N–H and O–H groups in total. The van der Waals surface area contributed by atoms with Crippen molar-refractivity contribution in [1.82, 2.24) is 0 Å². The van der Waals surface area contributed by atoms with E-state index in [1.807, 2.05) is 6.07 Å². The predicted molar refractivity (Wildman–Crippen MR) is 399 cm³/mol. The Bertz CT molecular complexity index is 4630. The molecule has 14 aromatic rings. The average Bonchev–Trinajstić information content (AvgIpc) is 1.57. The van der Waals surface area contributed by atoms with Crippen molar-refractivity contribution in [3.8, 4) is 100 Å². The molecule has 16 rings (SSSR count). The third kappa shape index (κ3) is 13.9. The second-order valence-corrected chi connectivity index (χ2v) is 25.1. The summed E-state index contributed by atoms with van der Waals surface area (Å²) in [7, 11) is 0. The van der Waals surface area contributed by atoms with Gasteiger partial charge in [0.25, 0.3) is 0 Å². The van der Waals surface area contributed by atoms with Crippen LogP contribution in [0, 0.1) is 0 Å². The second kappa shape index (κ2) is 28.1. The molecule has 2 aliphatic rings. The van der Waals surface area contributed by atoms with Gasteiger partial charge in [0.05, 0.1) is 0 Å². The Balaban J connectivity index is 0.000000123. The lowest BCUT2D eigenvalue weighted by molar-refractivity contribution is 0.353. The molecule has 2 nitrogen and oxygen atoms in total. The molecule has 0 radical (unpaired) electrons. The monoisotopic (exact) mass is 1260 g/mol. The molecule has 0 unspecified atom stereocenters. The van der Waals surface area contributed by atoms with Gasteiger partial charge in [0.2, 0.25) is 0 Å². The van der Waals surface area contributed by atoms with Gasteiger partial charge in [-0.25, -0.2) is 0 Å². The molecule has 448 valence electrons. The van der Waals surface area contributed by atoms with Crippen LogP contribution in [0.15, 0.2) is 362 Å². The fourth-order valence-corrected chi connectivity index (χ4v) is 13.7. The number of nitrogens with one attached hydrogen (secondary N) is 2. The standard InChI is InChI=1S/C36H27N.C30H27N.C24H17Br/c1-4-10-27(11-5-1)30-16-20-35(21-17-30)37-36-22-18-31(19-23-36)34-25-32(28-12-6-2-7-13-28)24-33(26-34)29-14-8-3-9-15-29;1-3-9-22(10-4-1)23-13-15-24(16-14-23)31-25-17-18-27-26-11-5-6-12-28(26)30(29(27)21-25)19-7-2-8-20-30;25-24-13-11-20(12-14-24)23-16-21(18-7-3-1-4-8-18)15-22(17-23)19-9-5-2-6-10-19/h1-26,37H;1,3-6,9-18,21,31H,2,7-8,19-20H2;1-17H. The van der Waals surface area contributed by atoms with Crippen LogP contribution in [0.25, 0.3) is 100 Å². The maximum absolute atomic E-state index is 3.66. The van der Waals surface area contributed by atoms with Crippen LogP contribution in [0.5, 0.6) is 0 Å². The Hall–Kier alpha value is -10.8. The molecule has 1 saturated carbocycles. The van der Waals surface area contributed by atoms with E-state index < -0.39 is 0 Å². The highest BCUT2D eigenvalue weighted by Gasteiger charge is 2.43. The van der Waals surface area contributed by atoms with Crippen molar-refractivity contribution in [3.05, 3.63) is 374 Å². The van der Waals surface area contributed by atoms with Gasteiger partial charge in [-0.15, -0.1) is 0 Å². The molecule has 14 aromatic carbocycles. The first-order valence-corrected chi connectivity index (χ1v) is 33.2. The maximum Gasteiger partial charge on any atom is 0.0387 e. The quantitative estimate of drug-likeness (QED) is 0.127. The molecule has 0 aliphatic heterocycles. The zero-order valence-corrected chi connectivity index (χ0v) is 53.6. The summed E-state index contributed by atoms with van der Waals surface area (Å²) in [6, 6.07) is 128. The van der Waals surface area contributed by atoms with Gasteiger partial charge >= 0.3 is 0 Å². The Labute approximate surface area is 556 Å².